The number of carbonyl (C=O) groups is 1. The van der Waals surface area contributed by atoms with Gasteiger partial charge in [-0.05, 0) is 0 Å². The SMILES string of the molecule is O=C1NCCN1OCCOC(C#[N+][O-])(c1ccccc1)c1ccccc1. The molecule has 2 aromatic rings. The predicted octanol–water partition coefficient (Wildman–Crippen LogP) is 2.73. The van der Waals surface area contributed by atoms with Crippen molar-refractivity contribution in [3.05, 3.63) is 82.0 Å². The summed E-state index contributed by atoms with van der Waals surface area (Å²) in [5, 5.41) is 17.9. The van der Waals surface area contributed by atoms with Crippen molar-refractivity contribution in [3.63, 3.8) is 0 Å². The molecule has 7 nitrogen and oxygen atoms in total. The summed E-state index contributed by atoms with van der Waals surface area (Å²) in [6, 6.07) is 20.9. The number of urea groups is 1. The lowest BCUT2D eigenvalue weighted by Crippen LogP contribution is -2.33. The number of hydrogen-bond donors (Lipinski definition) is 1. The van der Waals surface area contributed by atoms with Crippen LogP contribution in [-0.4, -0.2) is 37.4 Å². The van der Waals surface area contributed by atoms with Crippen molar-refractivity contribution in [1.82, 2.24) is 10.4 Å². The molecule has 0 spiro atoms. The van der Waals surface area contributed by atoms with Crippen LogP contribution in [0.25, 0.3) is 5.01 Å². The average molecular weight is 353 g/mol. The summed E-state index contributed by atoms with van der Waals surface area (Å²) >= 11 is 0. The van der Waals surface area contributed by atoms with Gasteiger partial charge in [0.05, 0.1) is 19.8 Å². The van der Waals surface area contributed by atoms with Crippen LogP contribution in [0.4, 0.5) is 4.79 Å². The van der Waals surface area contributed by atoms with Gasteiger partial charge < -0.3 is 15.3 Å². The first-order chi connectivity index (χ1) is 12.8. The maximum atomic E-state index is 11.5. The molecular weight excluding hydrogens is 334 g/mol. The third kappa shape index (κ3) is 3.77. The van der Waals surface area contributed by atoms with Gasteiger partial charge in [0, 0.05) is 22.7 Å². The van der Waals surface area contributed by atoms with Gasteiger partial charge in [-0.3, -0.25) is 4.84 Å². The monoisotopic (exact) mass is 353 g/mol. The normalized spacial score (nSPS) is 13.8. The summed E-state index contributed by atoms with van der Waals surface area (Å²) in [7, 11) is 0. The van der Waals surface area contributed by atoms with E-state index in [2.05, 4.69) is 16.4 Å². The highest BCUT2D eigenvalue weighted by atomic mass is 16.7. The van der Waals surface area contributed by atoms with Crippen LogP contribution in [0.3, 0.4) is 0 Å². The molecule has 26 heavy (non-hydrogen) atoms. The summed E-state index contributed by atoms with van der Waals surface area (Å²) in [4.78, 5) is 16.9. The van der Waals surface area contributed by atoms with Crippen molar-refractivity contribution in [2.45, 2.75) is 5.60 Å². The number of ether oxygens (including phenoxy) is 1. The molecule has 1 aliphatic heterocycles. The van der Waals surface area contributed by atoms with E-state index in [4.69, 9.17) is 9.57 Å². The van der Waals surface area contributed by atoms with Gasteiger partial charge in [-0.1, -0.05) is 60.7 Å². The van der Waals surface area contributed by atoms with Crippen molar-refractivity contribution < 1.29 is 14.4 Å². The fourth-order valence-corrected chi connectivity index (χ4v) is 2.82. The largest absolute Gasteiger partial charge is 0.498 e. The molecule has 0 atom stereocenters. The Bertz CT molecular complexity index is 747. The fraction of sp³-hybridized carbons (Fsp3) is 0.263. The smallest absolute Gasteiger partial charge is 0.344 e. The minimum Gasteiger partial charge on any atom is -0.498 e. The Hall–Kier alpha value is -3.08. The minimum atomic E-state index is -1.25. The maximum absolute atomic E-state index is 11.5. The van der Waals surface area contributed by atoms with Crippen LogP contribution < -0.4 is 5.32 Å². The van der Waals surface area contributed by atoms with Crippen LogP contribution in [0.2, 0.25) is 0 Å². The first kappa shape index (κ1) is 17.7. The van der Waals surface area contributed by atoms with Crippen molar-refractivity contribution in [1.29, 1.82) is 0 Å². The van der Waals surface area contributed by atoms with Crippen LogP contribution in [0.5, 0.6) is 0 Å². The van der Waals surface area contributed by atoms with Crippen LogP contribution in [-0.2, 0) is 15.2 Å². The molecule has 0 radical (unpaired) electrons. The molecule has 3 rings (SSSR count). The maximum Gasteiger partial charge on any atom is 0.344 e. The molecule has 0 saturated carbocycles. The Kier molecular flexibility index (Phi) is 5.69. The summed E-state index contributed by atoms with van der Waals surface area (Å²) in [6.45, 7) is 1.31. The van der Waals surface area contributed by atoms with E-state index in [9.17, 15) is 10.0 Å². The number of hydroxylamine groups is 2. The average Bonchev–Trinajstić information content (AvgIpc) is 3.10. The highest BCUT2D eigenvalue weighted by molar-refractivity contribution is 5.74. The second kappa shape index (κ2) is 8.34. The van der Waals surface area contributed by atoms with Gasteiger partial charge in [-0.2, -0.15) is 0 Å². The van der Waals surface area contributed by atoms with Crippen LogP contribution in [0.1, 0.15) is 11.1 Å². The molecule has 1 N–H and O–H groups in total. The van der Waals surface area contributed by atoms with Gasteiger partial charge in [0.25, 0.3) is 5.60 Å². The fourth-order valence-electron chi connectivity index (χ4n) is 2.82. The third-order valence-corrected chi connectivity index (χ3v) is 4.03. The van der Waals surface area contributed by atoms with E-state index in [-0.39, 0.29) is 19.2 Å². The number of amides is 2. The molecule has 0 aromatic heterocycles. The molecule has 0 unspecified atom stereocenters. The summed E-state index contributed by atoms with van der Waals surface area (Å²) in [5.41, 5.74) is 0.204. The Labute approximate surface area is 151 Å². The molecule has 1 heterocycles. The summed E-state index contributed by atoms with van der Waals surface area (Å²) in [5.74, 6) is 0. The van der Waals surface area contributed by atoms with E-state index < -0.39 is 5.60 Å². The van der Waals surface area contributed by atoms with Crippen molar-refractivity contribution in [2.24, 2.45) is 0 Å². The first-order valence-corrected chi connectivity index (χ1v) is 8.29. The lowest BCUT2D eigenvalue weighted by atomic mass is 9.87. The van der Waals surface area contributed by atoms with Crippen LogP contribution >= 0.6 is 0 Å². The lowest BCUT2D eigenvalue weighted by Gasteiger charge is -2.25. The second-order valence-corrected chi connectivity index (χ2v) is 5.63. The highest BCUT2D eigenvalue weighted by Crippen LogP contribution is 2.33. The Morgan fingerprint density at radius 3 is 2.19 bits per heavy atom. The lowest BCUT2D eigenvalue weighted by molar-refractivity contribution is -0.129. The van der Waals surface area contributed by atoms with Crippen molar-refractivity contribution in [3.8, 4) is 6.07 Å². The molecule has 134 valence electrons. The minimum absolute atomic E-state index is 0.135. The number of nitrogens with one attached hydrogen (secondary N) is 1. The van der Waals surface area contributed by atoms with E-state index >= 15 is 0 Å². The van der Waals surface area contributed by atoms with Crippen LogP contribution in [0.15, 0.2) is 60.7 Å². The van der Waals surface area contributed by atoms with Crippen molar-refractivity contribution in [2.75, 3.05) is 26.3 Å². The van der Waals surface area contributed by atoms with E-state index in [1.165, 1.54) is 5.06 Å². The second-order valence-electron chi connectivity index (χ2n) is 5.63. The quantitative estimate of drug-likeness (QED) is 0.613. The van der Waals surface area contributed by atoms with Crippen molar-refractivity contribution >= 4 is 6.03 Å². The summed E-state index contributed by atoms with van der Waals surface area (Å²) < 4.78 is 6.05. The molecule has 2 amide bonds. The number of rotatable bonds is 7. The zero-order valence-electron chi connectivity index (χ0n) is 14.1. The Morgan fingerprint density at radius 1 is 1.08 bits per heavy atom. The molecule has 1 saturated heterocycles. The molecule has 7 heteroatoms. The Balaban J connectivity index is 1.80. The third-order valence-electron chi connectivity index (χ3n) is 4.03. The van der Waals surface area contributed by atoms with Gasteiger partial charge in [0.15, 0.2) is 0 Å². The number of benzene rings is 2. The van der Waals surface area contributed by atoms with Crippen LogP contribution in [0, 0.1) is 11.3 Å². The Morgan fingerprint density at radius 2 is 1.69 bits per heavy atom. The zero-order valence-corrected chi connectivity index (χ0v) is 14.1. The molecule has 2 aromatic carbocycles. The zero-order chi connectivity index (χ0) is 18.2. The predicted molar refractivity (Wildman–Crippen MR) is 96.3 cm³/mol. The van der Waals surface area contributed by atoms with E-state index in [1.54, 1.807) is 0 Å². The van der Waals surface area contributed by atoms with Gasteiger partial charge >= 0.3 is 12.1 Å². The van der Waals surface area contributed by atoms with Gasteiger partial charge in [0.2, 0.25) is 0 Å². The standard InChI is InChI=1S/C19H19N3O4/c23-18-20-11-12-22(18)26-14-13-25-19(15-21-24,16-7-3-1-4-8-16)17-9-5-2-6-10-17/h1-10H,11-14H2,(H,20,23). The van der Waals surface area contributed by atoms with Gasteiger partial charge in [-0.15, -0.1) is 0 Å². The van der Waals surface area contributed by atoms with E-state index in [1.807, 2.05) is 60.7 Å². The van der Waals surface area contributed by atoms with E-state index in [0.717, 1.165) is 11.1 Å². The van der Waals surface area contributed by atoms with Gasteiger partial charge in [0.1, 0.15) is 0 Å². The van der Waals surface area contributed by atoms with Gasteiger partial charge in [-0.25, -0.2) is 9.86 Å². The molecule has 0 aliphatic carbocycles. The summed E-state index contributed by atoms with van der Waals surface area (Å²) in [6.07, 6.45) is 0. The topological polar surface area (TPSA) is 78.2 Å². The molecule has 1 fully saturated rings. The molecular formula is C19H19N3O4. The molecule has 0 bridgehead atoms. The number of hydrogen-bond acceptors (Lipinski definition) is 4. The molecule has 1 aliphatic rings. The highest BCUT2D eigenvalue weighted by Gasteiger charge is 2.40. The number of carbonyl (C=O) groups excluding carboxylic acids is 1. The first-order valence-electron chi connectivity index (χ1n) is 8.29. The number of nitrogens with zero attached hydrogens (tertiary/aromatic N) is 2. The van der Waals surface area contributed by atoms with E-state index in [0.29, 0.717) is 13.1 Å².